The minimum Gasteiger partial charge on any atom is -0.310 e. The van der Waals surface area contributed by atoms with E-state index in [9.17, 15) is 0 Å². The molecular formula is C17H24N4. The molecule has 1 aliphatic rings. The molecule has 1 atom stereocenters. The van der Waals surface area contributed by atoms with Crippen LogP contribution in [0.5, 0.6) is 0 Å². The normalized spacial score (nSPS) is 17.8. The molecule has 0 bridgehead atoms. The van der Waals surface area contributed by atoms with E-state index in [1.54, 1.807) is 6.20 Å². The third kappa shape index (κ3) is 3.50. The van der Waals surface area contributed by atoms with Crippen LogP contribution in [-0.2, 0) is 6.54 Å². The standard InChI is InChI=1S/C17H24N4/c1-13(14-6-3-2-4-7-14)19-11-16-12-20-21-17(16)15-8-5-9-18-10-15/h5,8-10,12-14,19H,2-4,6-7,11H2,1H3,(H,20,21)/t13-/m1/s1. The number of H-pyrrole nitrogens is 1. The zero-order valence-corrected chi connectivity index (χ0v) is 12.7. The third-order valence-corrected chi connectivity index (χ3v) is 4.64. The van der Waals surface area contributed by atoms with Crippen molar-refractivity contribution in [1.82, 2.24) is 20.5 Å². The van der Waals surface area contributed by atoms with E-state index in [0.717, 1.165) is 23.7 Å². The topological polar surface area (TPSA) is 53.6 Å². The van der Waals surface area contributed by atoms with E-state index in [2.05, 4.69) is 33.5 Å². The van der Waals surface area contributed by atoms with E-state index in [4.69, 9.17) is 0 Å². The number of nitrogens with one attached hydrogen (secondary N) is 2. The summed E-state index contributed by atoms with van der Waals surface area (Å²) in [5, 5.41) is 11.0. The molecule has 4 nitrogen and oxygen atoms in total. The van der Waals surface area contributed by atoms with Gasteiger partial charge in [0.15, 0.2) is 0 Å². The molecule has 4 heteroatoms. The highest BCUT2D eigenvalue weighted by Gasteiger charge is 2.20. The van der Waals surface area contributed by atoms with Crippen molar-refractivity contribution in [2.75, 3.05) is 0 Å². The summed E-state index contributed by atoms with van der Waals surface area (Å²) in [7, 11) is 0. The van der Waals surface area contributed by atoms with Crippen molar-refractivity contribution in [2.45, 2.75) is 51.6 Å². The molecule has 1 fully saturated rings. The van der Waals surface area contributed by atoms with E-state index < -0.39 is 0 Å². The SMILES string of the molecule is C[C@@H](NCc1cn[nH]c1-c1cccnc1)C1CCCCC1. The van der Waals surface area contributed by atoms with Gasteiger partial charge in [0, 0.05) is 36.1 Å². The van der Waals surface area contributed by atoms with Crippen LogP contribution < -0.4 is 5.32 Å². The summed E-state index contributed by atoms with van der Waals surface area (Å²) in [5.74, 6) is 0.826. The predicted octanol–water partition coefficient (Wildman–Crippen LogP) is 3.53. The summed E-state index contributed by atoms with van der Waals surface area (Å²) >= 11 is 0. The smallest absolute Gasteiger partial charge is 0.0710 e. The summed E-state index contributed by atoms with van der Waals surface area (Å²) in [6, 6.07) is 4.59. The van der Waals surface area contributed by atoms with Crippen molar-refractivity contribution in [3.8, 4) is 11.3 Å². The molecule has 21 heavy (non-hydrogen) atoms. The Hall–Kier alpha value is -1.68. The fourth-order valence-corrected chi connectivity index (χ4v) is 3.28. The second-order valence-corrected chi connectivity index (χ2v) is 6.08. The number of aromatic amines is 1. The maximum atomic E-state index is 4.20. The minimum atomic E-state index is 0.571. The molecule has 0 unspecified atom stereocenters. The van der Waals surface area contributed by atoms with E-state index in [-0.39, 0.29) is 0 Å². The van der Waals surface area contributed by atoms with E-state index in [1.807, 2.05) is 18.5 Å². The minimum absolute atomic E-state index is 0.571. The van der Waals surface area contributed by atoms with Gasteiger partial charge in [-0.2, -0.15) is 5.10 Å². The van der Waals surface area contributed by atoms with Gasteiger partial charge in [-0.15, -0.1) is 0 Å². The van der Waals surface area contributed by atoms with E-state index >= 15 is 0 Å². The fraction of sp³-hybridized carbons (Fsp3) is 0.529. The van der Waals surface area contributed by atoms with Crippen LogP contribution in [0.1, 0.15) is 44.6 Å². The van der Waals surface area contributed by atoms with Crippen molar-refractivity contribution >= 4 is 0 Å². The van der Waals surface area contributed by atoms with Crippen molar-refractivity contribution in [3.05, 3.63) is 36.3 Å². The average molecular weight is 284 g/mol. The molecule has 0 saturated heterocycles. The Labute approximate surface area is 126 Å². The van der Waals surface area contributed by atoms with Gasteiger partial charge in [-0.25, -0.2) is 0 Å². The highest BCUT2D eigenvalue weighted by Crippen LogP contribution is 2.27. The Balaban J connectivity index is 1.62. The van der Waals surface area contributed by atoms with Crippen LogP contribution in [0.25, 0.3) is 11.3 Å². The number of aromatic nitrogens is 3. The Bertz CT molecular complexity index is 543. The molecule has 2 aromatic heterocycles. The Morgan fingerprint density at radius 3 is 2.90 bits per heavy atom. The highest BCUT2D eigenvalue weighted by molar-refractivity contribution is 5.61. The van der Waals surface area contributed by atoms with Gasteiger partial charge in [-0.1, -0.05) is 19.3 Å². The van der Waals surface area contributed by atoms with Crippen LogP contribution in [0.15, 0.2) is 30.7 Å². The van der Waals surface area contributed by atoms with Gasteiger partial charge in [0.05, 0.1) is 11.9 Å². The number of rotatable bonds is 5. The lowest BCUT2D eigenvalue weighted by atomic mass is 9.84. The van der Waals surface area contributed by atoms with Crippen molar-refractivity contribution in [2.24, 2.45) is 5.92 Å². The Morgan fingerprint density at radius 2 is 2.14 bits per heavy atom. The molecule has 112 valence electrons. The average Bonchev–Trinajstić information content (AvgIpc) is 3.03. The lowest BCUT2D eigenvalue weighted by Crippen LogP contribution is -2.34. The van der Waals surface area contributed by atoms with Crippen LogP contribution in [-0.4, -0.2) is 21.2 Å². The second-order valence-electron chi connectivity index (χ2n) is 6.08. The Kier molecular flexibility index (Phi) is 4.65. The monoisotopic (exact) mass is 284 g/mol. The molecule has 2 aromatic rings. The van der Waals surface area contributed by atoms with Crippen molar-refractivity contribution in [1.29, 1.82) is 0 Å². The largest absolute Gasteiger partial charge is 0.310 e. The molecule has 0 aliphatic heterocycles. The van der Waals surface area contributed by atoms with E-state index in [0.29, 0.717) is 6.04 Å². The lowest BCUT2D eigenvalue weighted by molar-refractivity contribution is 0.280. The molecule has 0 amide bonds. The molecular weight excluding hydrogens is 260 g/mol. The van der Waals surface area contributed by atoms with Gasteiger partial charge < -0.3 is 5.32 Å². The molecule has 2 N–H and O–H groups in total. The van der Waals surface area contributed by atoms with Gasteiger partial charge in [-0.3, -0.25) is 10.1 Å². The van der Waals surface area contributed by atoms with Crippen LogP contribution in [0.4, 0.5) is 0 Å². The first kappa shape index (κ1) is 14.3. The van der Waals surface area contributed by atoms with Gasteiger partial charge in [0.1, 0.15) is 0 Å². The number of nitrogens with zero attached hydrogens (tertiary/aromatic N) is 2. The number of hydrogen-bond acceptors (Lipinski definition) is 3. The third-order valence-electron chi connectivity index (χ3n) is 4.64. The van der Waals surface area contributed by atoms with Gasteiger partial charge in [-0.05, 0) is 37.8 Å². The molecule has 2 heterocycles. The molecule has 3 rings (SSSR count). The molecule has 0 spiro atoms. The van der Waals surface area contributed by atoms with Crippen LogP contribution in [0.3, 0.4) is 0 Å². The summed E-state index contributed by atoms with van der Waals surface area (Å²) < 4.78 is 0. The zero-order valence-electron chi connectivity index (χ0n) is 12.7. The molecule has 0 aromatic carbocycles. The highest BCUT2D eigenvalue weighted by atomic mass is 15.1. The van der Waals surface area contributed by atoms with Gasteiger partial charge >= 0.3 is 0 Å². The van der Waals surface area contributed by atoms with Gasteiger partial charge in [0.2, 0.25) is 0 Å². The van der Waals surface area contributed by atoms with Crippen LogP contribution in [0.2, 0.25) is 0 Å². The quantitative estimate of drug-likeness (QED) is 0.883. The van der Waals surface area contributed by atoms with Crippen molar-refractivity contribution < 1.29 is 0 Å². The Morgan fingerprint density at radius 1 is 1.29 bits per heavy atom. The van der Waals surface area contributed by atoms with Crippen LogP contribution in [0, 0.1) is 5.92 Å². The summed E-state index contributed by atoms with van der Waals surface area (Å²) in [6.07, 6.45) is 12.5. The van der Waals surface area contributed by atoms with E-state index in [1.165, 1.54) is 37.7 Å². The number of pyridine rings is 1. The summed E-state index contributed by atoms with van der Waals surface area (Å²) in [5.41, 5.74) is 3.38. The molecule has 1 saturated carbocycles. The molecule has 1 aliphatic carbocycles. The fourth-order valence-electron chi connectivity index (χ4n) is 3.28. The van der Waals surface area contributed by atoms with Gasteiger partial charge in [0.25, 0.3) is 0 Å². The maximum absolute atomic E-state index is 4.20. The first-order valence-corrected chi connectivity index (χ1v) is 8.00. The second kappa shape index (κ2) is 6.85. The molecule has 0 radical (unpaired) electrons. The first-order chi connectivity index (χ1) is 10.3. The first-order valence-electron chi connectivity index (χ1n) is 8.00. The maximum Gasteiger partial charge on any atom is 0.0710 e. The number of hydrogen-bond donors (Lipinski definition) is 2. The van der Waals surface area contributed by atoms with Crippen LogP contribution >= 0.6 is 0 Å². The lowest BCUT2D eigenvalue weighted by Gasteiger charge is -2.28. The predicted molar refractivity (Wildman–Crippen MR) is 84.7 cm³/mol. The summed E-state index contributed by atoms with van der Waals surface area (Å²) in [4.78, 5) is 4.18. The summed E-state index contributed by atoms with van der Waals surface area (Å²) in [6.45, 7) is 3.18. The zero-order chi connectivity index (χ0) is 14.5. The van der Waals surface area contributed by atoms with Crippen molar-refractivity contribution in [3.63, 3.8) is 0 Å².